The smallest absolute Gasteiger partial charge is 0.136 e. The van der Waals surface area contributed by atoms with Crippen LogP contribution in [0.25, 0.3) is 0 Å². The second kappa shape index (κ2) is 6.21. The van der Waals surface area contributed by atoms with Crippen molar-refractivity contribution in [3.05, 3.63) is 0 Å². The standard InChI is InChI=1S/C17H30O/c1-12(2)6-4-7-13(3)14-10-11-16-15(14)8-5-9-17(16)18/h12-16H,4-11H2,1-3H3/t13-,14+,15+,16+/m0/s1. The van der Waals surface area contributed by atoms with E-state index in [9.17, 15) is 4.79 Å². The van der Waals surface area contributed by atoms with Gasteiger partial charge in [0.1, 0.15) is 5.78 Å². The molecule has 0 amide bonds. The first-order valence-electron chi connectivity index (χ1n) is 8.12. The van der Waals surface area contributed by atoms with Crippen molar-refractivity contribution in [2.75, 3.05) is 0 Å². The first-order chi connectivity index (χ1) is 8.59. The molecule has 4 atom stereocenters. The van der Waals surface area contributed by atoms with Crippen LogP contribution in [0.2, 0.25) is 0 Å². The van der Waals surface area contributed by atoms with Crippen molar-refractivity contribution in [2.24, 2.45) is 29.6 Å². The molecule has 0 saturated heterocycles. The van der Waals surface area contributed by atoms with Crippen molar-refractivity contribution in [3.63, 3.8) is 0 Å². The normalized spacial score (nSPS) is 33.8. The van der Waals surface area contributed by atoms with E-state index < -0.39 is 0 Å². The van der Waals surface area contributed by atoms with Gasteiger partial charge in [0, 0.05) is 12.3 Å². The van der Waals surface area contributed by atoms with Gasteiger partial charge in [-0.1, -0.05) is 40.0 Å². The summed E-state index contributed by atoms with van der Waals surface area (Å²) in [6, 6.07) is 0. The van der Waals surface area contributed by atoms with Gasteiger partial charge in [0.25, 0.3) is 0 Å². The first-order valence-corrected chi connectivity index (χ1v) is 8.12. The van der Waals surface area contributed by atoms with Gasteiger partial charge in [0.05, 0.1) is 0 Å². The Morgan fingerprint density at radius 1 is 1.11 bits per heavy atom. The lowest BCUT2D eigenvalue weighted by Gasteiger charge is -2.31. The van der Waals surface area contributed by atoms with E-state index in [1.807, 2.05) is 0 Å². The summed E-state index contributed by atoms with van der Waals surface area (Å²) in [5, 5.41) is 0. The fraction of sp³-hybridized carbons (Fsp3) is 0.941. The molecule has 0 spiro atoms. The largest absolute Gasteiger partial charge is 0.299 e. The molecule has 2 rings (SSSR count). The van der Waals surface area contributed by atoms with Crippen LogP contribution in [0.5, 0.6) is 0 Å². The van der Waals surface area contributed by atoms with Crippen molar-refractivity contribution < 1.29 is 4.79 Å². The Morgan fingerprint density at radius 3 is 2.61 bits per heavy atom. The SMILES string of the molecule is CC(C)CCC[C@H](C)[C@H]1CC[C@H]2C(=O)CCC[C@H]12. The number of carbonyl (C=O) groups is 1. The third-order valence-corrected chi connectivity index (χ3v) is 5.42. The Kier molecular flexibility index (Phi) is 4.86. The monoisotopic (exact) mass is 250 g/mol. The highest BCUT2D eigenvalue weighted by Crippen LogP contribution is 2.48. The summed E-state index contributed by atoms with van der Waals surface area (Å²) < 4.78 is 0. The van der Waals surface area contributed by atoms with Crippen molar-refractivity contribution in [1.29, 1.82) is 0 Å². The molecule has 0 radical (unpaired) electrons. The van der Waals surface area contributed by atoms with Crippen LogP contribution in [-0.2, 0) is 4.79 Å². The summed E-state index contributed by atoms with van der Waals surface area (Å²) in [6.45, 7) is 7.07. The molecular weight excluding hydrogens is 220 g/mol. The van der Waals surface area contributed by atoms with E-state index in [1.165, 1.54) is 38.5 Å². The van der Waals surface area contributed by atoms with E-state index in [-0.39, 0.29) is 0 Å². The molecule has 0 N–H and O–H groups in total. The first kappa shape index (κ1) is 14.1. The molecule has 104 valence electrons. The fourth-order valence-corrected chi connectivity index (χ4v) is 4.38. The topological polar surface area (TPSA) is 17.1 Å². The van der Waals surface area contributed by atoms with Gasteiger partial charge in [-0.15, -0.1) is 0 Å². The van der Waals surface area contributed by atoms with Gasteiger partial charge in [0.2, 0.25) is 0 Å². The maximum Gasteiger partial charge on any atom is 0.136 e. The molecule has 0 bridgehead atoms. The lowest BCUT2D eigenvalue weighted by atomic mass is 9.73. The maximum absolute atomic E-state index is 11.9. The molecule has 2 saturated carbocycles. The zero-order valence-corrected chi connectivity index (χ0v) is 12.5. The minimum atomic E-state index is 0.455. The zero-order valence-electron chi connectivity index (χ0n) is 12.5. The highest BCUT2D eigenvalue weighted by molar-refractivity contribution is 5.82. The van der Waals surface area contributed by atoms with Gasteiger partial charge < -0.3 is 0 Å². The highest BCUT2D eigenvalue weighted by Gasteiger charge is 2.43. The molecule has 1 heteroatoms. The predicted octanol–water partition coefficient (Wildman–Crippen LogP) is 4.84. The van der Waals surface area contributed by atoms with Crippen LogP contribution in [0.15, 0.2) is 0 Å². The van der Waals surface area contributed by atoms with E-state index >= 15 is 0 Å². The molecule has 0 aromatic rings. The lowest BCUT2D eigenvalue weighted by molar-refractivity contribution is -0.126. The maximum atomic E-state index is 11.9. The second-order valence-electron chi connectivity index (χ2n) is 7.17. The number of fused-ring (bicyclic) bond motifs is 1. The van der Waals surface area contributed by atoms with Crippen molar-refractivity contribution in [1.82, 2.24) is 0 Å². The van der Waals surface area contributed by atoms with Crippen molar-refractivity contribution >= 4 is 5.78 Å². The third kappa shape index (κ3) is 3.16. The highest BCUT2D eigenvalue weighted by atomic mass is 16.1. The van der Waals surface area contributed by atoms with Gasteiger partial charge in [-0.3, -0.25) is 4.79 Å². The Bertz CT molecular complexity index is 281. The fourth-order valence-electron chi connectivity index (χ4n) is 4.38. The molecule has 2 aliphatic rings. The molecule has 2 aliphatic carbocycles. The quantitative estimate of drug-likeness (QED) is 0.682. The van der Waals surface area contributed by atoms with Crippen LogP contribution in [0.1, 0.15) is 72.1 Å². The average Bonchev–Trinajstić information content (AvgIpc) is 2.73. The third-order valence-electron chi connectivity index (χ3n) is 5.42. The molecule has 0 aromatic carbocycles. The number of carbonyl (C=O) groups excluding carboxylic acids is 1. The number of hydrogen-bond acceptors (Lipinski definition) is 1. The van der Waals surface area contributed by atoms with E-state index in [0.29, 0.717) is 11.7 Å². The predicted molar refractivity (Wildman–Crippen MR) is 76.4 cm³/mol. The van der Waals surface area contributed by atoms with Crippen LogP contribution in [0.4, 0.5) is 0 Å². The molecule has 0 unspecified atom stereocenters. The van der Waals surface area contributed by atoms with E-state index in [0.717, 1.165) is 36.5 Å². The molecule has 18 heavy (non-hydrogen) atoms. The second-order valence-corrected chi connectivity index (χ2v) is 7.17. The van der Waals surface area contributed by atoms with Crippen LogP contribution in [-0.4, -0.2) is 5.78 Å². The Balaban J connectivity index is 1.83. The van der Waals surface area contributed by atoms with Crippen LogP contribution in [0, 0.1) is 29.6 Å². The summed E-state index contributed by atoms with van der Waals surface area (Å²) in [4.78, 5) is 11.9. The summed E-state index contributed by atoms with van der Waals surface area (Å²) in [6.07, 6.45) is 10.00. The molecule has 2 fully saturated rings. The van der Waals surface area contributed by atoms with Crippen molar-refractivity contribution in [2.45, 2.75) is 72.1 Å². The van der Waals surface area contributed by atoms with Gasteiger partial charge in [-0.2, -0.15) is 0 Å². The Labute approximate surface area is 113 Å². The molecular formula is C17H30O. The van der Waals surface area contributed by atoms with Crippen molar-refractivity contribution in [3.8, 4) is 0 Å². The van der Waals surface area contributed by atoms with Crippen LogP contribution >= 0.6 is 0 Å². The number of rotatable bonds is 5. The van der Waals surface area contributed by atoms with Gasteiger partial charge in [-0.05, 0) is 49.4 Å². The van der Waals surface area contributed by atoms with E-state index in [1.54, 1.807) is 0 Å². The van der Waals surface area contributed by atoms with Gasteiger partial charge in [-0.25, -0.2) is 0 Å². The Hall–Kier alpha value is -0.330. The molecule has 0 aromatic heterocycles. The molecule has 1 nitrogen and oxygen atoms in total. The van der Waals surface area contributed by atoms with Gasteiger partial charge in [0.15, 0.2) is 0 Å². The van der Waals surface area contributed by atoms with Crippen LogP contribution < -0.4 is 0 Å². The summed E-state index contributed by atoms with van der Waals surface area (Å²) in [5.74, 6) is 4.32. The summed E-state index contributed by atoms with van der Waals surface area (Å²) >= 11 is 0. The van der Waals surface area contributed by atoms with E-state index in [2.05, 4.69) is 20.8 Å². The zero-order chi connectivity index (χ0) is 13.1. The van der Waals surface area contributed by atoms with Crippen LogP contribution in [0.3, 0.4) is 0 Å². The number of ketones is 1. The number of Topliss-reactive ketones (excluding diaryl/α,β-unsaturated/α-hetero) is 1. The summed E-state index contributed by atoms with van der Waals surface area (Å²) in [5.41, 5.74) is 0. The van der Waals surface area contributed by atoms with E-state index in [4.69, 9.17) is 0 Å². The van der Waals surface area contributed by atoms with Gasteiger partial charge >= 0.3 is 0 Å². The molecule has 0 aliphatic heterocycles. The summed E-state index contributed by atoms with van der Waals surface area (Å²) in [7, 11) is 0. The Morgan fingerprint density at radius 2 is 1.89 bits per heavy atom. The minimum Gasteiger partial charge on any atom is -0.299 e. The molecule has 0 heterocycles. The lowest BCUT2D eigenvalue weighted by Crippen LogP contribution is -2.29. The minimum absolute atomic E-state index is 0.455. The average molecular weight is 250 g/mol. The number of hydrogen-bond donors (Lipinski definition) is 0.